The van der Waals surface area contributed by atoms with Crippen molar-refractivity contribution in [2.75, 3.05) is 12.4 Å². The maximum atomic E-state index is 12.8. The van der Waals surface area contributed by atoms with Crippen LogP contribution in [0.2, 0.25) is 0 Å². The highest BCUT2D eigenvalue weighted by Crippen LogP contribution is 2.29. The second-order valence-corrected chi connectivity index (χ2v) is 8.27. The highest BCUT2D eigenvalue weighted by molar-refractivity contribution is 9.10. The average Bonchev–Trinajstić information content (AvgIpc) is 3.24. The number of hydrogen-bond acceptors (Lipinski definition) is 4. The van der Waals surface area contributed by atoms with Crippen LogP contribution in [0.15, 0.2) is 53.1 Å². The lowest BCUT2D eigenvalue weighted by atomic mass is 10.2. The average molecular weight is 456 g/mol. The van der Waals surface area contributed by atoms with Crippen LogP contribution in [0.4, 0.5) is 5.69 Å². The molecule has 0 fully saturated rings. The number of methoxy groups -OCH3 is 1. The van der Waals surface area contributed by atoms with E-state index in [1.807, 2.05) is 66.9 Å². The topological polar surface area (TPSA) is 55.6 Å². The van der Waals surface area contributed by atoms with Gasteiger partial charge in [-0.2, -0.15) is 0 Å². The highest BCUT2D eigenvalue weighted by atomic mass is 79.9. The number of carbonyl (C=O) groups is 1. The minimum atomic E-state index is -0.124. The summed E-state index contributed by atoms with van der Waals surface area (Å²) in [4.78, 5) is 18.9. The zero-order valence-electron chi connectivity index (χ0n) is 15.6. The lowest BCUT2D eigenvalue weighted by molar-refractivity contribution is 0.102. The van der Waals surface area contributed by atoms with Gasteiger partial charge in [-0.15, -0.1) is 0 Å². The van der Waals surface area contributed by atoms with Gasteiger partial charge in [0.2, 0.25) is 0 Å². The first-order chi connectivity index (χ1) is 13.5. The van der Waals surface area contributed by atoms with E-state index in [0.717, 1.165) is 43.4 Å². The summed E-state index contributed by atoms with van der Waals surface area (Å²) in [6.07, 6.45) is 1.96. The molecule has 7 heteroatoms. The molecule has 4 rings (SSSR count). The molecular weight excluding hydrogens is 438 g/mol. The van der Waals surface area contributed by atoms with Crippen molar-refractivity contribution in [1.82, 2.24) is 9.38 Å². The number of amides is 1. The molecule has 28 heavy (non-hydrogen) atoms. The maximum Gasteiger partial charge on any atom is 0.267 e. The monoisotopic (exact) mass is 455 g/mol. The molecule has 0 saturated carbocycles. The molecule has 5 nitrogen and oxygen atoms in total. The van der Waals surface area contributed by atoms with Crippen LogP contribution in [0, 0.1) is 13.8 Å². The van der Waals surface area contributed by atoms with Crippen molar-refractivity contribution < 1.29 is 9.53 Å². The number of aryl methyl sites for hydroxylation is 2. The van der Waals surface area contributed by atoms with E-state index in [2.05, 4.69) is 26.2 Å². The molecular formula is C21H18BrN3O2S. The van der Waals surface area contributed by atoms with Gasteiger partial charge in [-0.3, -0.25) is 9.20 Å². The first-order valence-corrected chi connectivity index (χ1v) is 10.3. The molecule has 4 aromatic rings. The van der Waals surface area contributed by atoms with E-state index in [1.54, 1.807) is 7.11 Å². The van der Waals surface area contributed by atoms with Crippen molar-refractivity contribution in [2.45, 2.75) is 13.8 Å². The number of nitrogens with one attached hydrogen (secondary N) is 1. The van der Waals surface area contributed by atoms with E-state index in [-0.39, 0.29) is 5.91 Å². The van der Waals surface area contributed by atoms with Crippen molar-refractivity contribution in [3.63, 3.8) is 0 Å². The molecule has 0 spiro atoms. The minimum absolute atomic E-state index is 0.124. The standard InChI is InChI=1S/C21H18BrN3O2S/c1-12-10-15(6-9-17(12)22)23-20(26)19-13(2)25-11-18(24-21(25)28-19)14-4-7-16(27-3)8-5-14/h4-11H,1-3H3,(H,23,26). The number of fused-ring (bicyclic) bond motifs is 1. The number of carbonyl (C=O) groups excluding carboxylic acids is 1. The summed E-state index contributed by atoms with van der Waals surface area (Å²) in [5, 5.41) is 2.97. The fourth-order valence-corrected chi connectivity index (χ4v) is 4.22. The summed E-state index contributed by atoms with van der Waals surface area (Å²) in [7, 11) is 1.65. The molecule has 2 aromatic heterocycles. The Morgan fingerprint density at radius 3 is 2.57 bits per heavy atom. The summed E-state index contributed by atoms with van der Waals surface area (Å²) in [6.45, 7) is 3.93. The first-order valence-electron chi connectivity index (χ1n) is 8.66. The largest absolute Gasteiger partial charge is 0.497 e. The third-order valence-corrected chi connectivity index (χ3v) is 6.61. The van der Waals surface area contributed by atoms with Gasteiger partial charge in [0.15, 0.2) is 4.96 Å². The number of halogens is 1. The number of anilines is 1. The number of ether oxygens (including phenoxy) is 1. The third-order valence-electron chi connectivity index (χ3n) is 4.56. The molecule has 0 unspecified atom stereocenters. The molecule has 1 N–H and O–H groups in total. The van der Waals surface area contributed by atoms with Gasteiger partial charge in [-0.1, -0.05) is 27.3 Å². The van der Waals surface area contributed by atoms with Crippen molar-refractivity contribution in [1.29, 1.82) is 0 Å². The Hall–Kier alpha value is -2.64. The van der Waals surface area contributed by atoms with E-state index >= 15 is 0 Å². The highest BCUT2D eigenvalue weighted by Gasteiger charge is 2.18. The summed E-state index contributed by atoms with van der Waals surface area (Å²) < 4.78 is 8.18. The summed E-state index contributed by atoms with van der Waals surface area (Å²) in [5.41, 5.74) is 4.59. The smallest absolute Gasteiger partial charge is 0.267 e. The molecule has 0 saturated heterocycles. The SMILES string of the molecule is COc1ccc(-c2cn3c(C)c(C(=O)Nc4ccc(Br)c(C)c4)sc3n2)cc1. The number of imidazole rings is 1. The van der Waals surface area contributed by atoms with Gasteiger partial charge < -0.3 is 10.1 Å². The van der Waals surface area contributed by atoms with E-state index < -0.39 is 0 Å². The van der Waals surface area contributed by atoms with Crippen LogP contribution in [0.1, 0.15) is 20.9 Å². The lowest BCUT2D eigenvalue weighted by Crippen LogP contribution is -2.12. The fraction of sp³-hybridized carbons (Fsp3) is 0.143. The van der Waals surface area contributed by atoms with Crippen LogP contribution >= 0.6 is 27.3 Å². The summed E-state index contributed by atoms with van der Waals surface area (Å²) in [6, 6.07) is 13.5. The zero-order valence-corrected chi connectivity index (χ0v) is 18.0. The first kappa shape index (κ1) is 18.7. The molecule has 1 amide bonds. The van der Waals surface area contributed by atoms with Crippen molar-refractivity contribution in [2.24, 2.45) is 0 Å². The van der Waals surface area contributed by atoms with Gasteiger partial charge in [-0.05, 0) is 61.9 Å². The number of hydrogen-bond donors (Lipinski definition) is 1. The number of aromatic nitrogens is 2. The summed E-state index contributed by atoms with van der Waals surface area (Å²) in [5.74, 6) is 0.684. The third kappa shape index (κ3) is 3.43. The molecule has 0 radical (unpaired) electrons. The molecule has 2 aromatic carbocycles. The number of thiazole rings is 1. The summed E-state index contributed by atoms with van der Waals surface area (Å²) >= 11 is 4.86. The second-order valence-electron chi connectivity index (χ2n) is 6.44. The minimum Gasteiger partial charge on any atom is -0.497 e. The predicted molar refractivity (Wildman–Crippen MR) is 117 cm³/mol. The van der Waals surface area contributed by atoms with Crippen LogP contribution in [0.3, 0.4) is 0 Å². The lowest BCUT2D eigenvalue weighted by Gasteiger charge is -2.06. The van der Waals surface area contributed by atoms with Crippen molar-refractivity contribution >= 4 is 43.8 Å². The Morgan fingerprint density at radius 2 is 1.93 bits per heavy atom. The van der Waals surface area contributed by atoms with Crippen LogP contribution in [0.5, 0.6) is 5.75 Å². The Morgan fingerprint density at radius 1 is 1.18 bits per heavy atom. The Bertz CT molecular complexity index is 1180. The molecule has 0 aliphatic rings. The molecule has 0 aliphatic carbocycles. The van der Waals surface area contributed by atoms with E-state index in [9.17, 15) is 4.79 Å². The van der Waals surface area contributed by atoms with Gasteiger partial charge in [0, 0.05) is 27.6 Å². The predicted octanol–water partition coefficient (Wildman–Crippen LogP) is 5.70. The molecule has 2 heterocycles. The molecule has 0 bridgehead atoms. The number of rotatable bonds is 4. The van der Waals surface area contributed by atoms with Gasteiger partial charge in [-0.25, -0.2) is 4.98 Å². The van der Waals surface area contributed by atoms with Crippen LogP contribution in [0.25, 0.3) is 16.2 Å². The van der Waals surface area contributed by atoms with Gasteiger partial charge in [0.25, 0.3) is 5.91 Å². The van der Waals surface area contributed by atoms with Crippen molar-refractivity contribution in [3.05, 3.63) is 69.3 Å². The van der Waals surface area contributed by atoms with Crippen LogP contribution in [-0.2, 0) is 0 Å². The van der Waals surface area contributed by atoms with E-state index in [4.69, 9.17) is 4.74 Å². The van der Waals surface area contributed by atoms with Gasteiger partial charge >= 0.3 is 0 Å². The van der Waals surface area contributed by atoms with Crippen LogP contribution in [-0.4, -0.2) is 22.4 Å². The second kappa shape index (κ2) is 7.41. The van der Waals surface area contributed by atoms with Gasteiger partial charge in [0.05, 0.1) is 12.8 Å². The molecule has 142 valence electrons. The Balaban J connectivity index is 1.61. The maximum absolute atomic E-state index is 12.8. The molecule has 0 atom stereocenters. The zero-order chi connectivity index (χ0) is 19.8. The van der Waals surface area contributed by atoms with E-state index in [0.29, 0.717) is 4.88 Å². The van der Waals surface area contributed by atoms with Gasteiger partial charge in [0.1, 0.15) is 10.6 Å². The number of benzene rings is 2. The van der Waals surface area contributed by atoms with E-state index in [1.165, 1.54) is 11.3 Å². The fourth-order valence-electron chi connectivity index (χ4n) is 2.97. The van der Waals surface area contributed by atoms with Crippen molar-refractivity contribution in [3.8, 4) is 17.0 Å². The Labute approximate surface area is 175 Å². The quantitative estimate of drug-likeness (QED) is 0.429. The van der Waals surface area contributed by atoms with Crippen LogP contribution < -0.4 is 10.1 Å². The normalized spacial score (nSPS) is 11.0. The number of nitrogens with zero attached hydrogens (tertiary/aromatic N) is 2. The molecule has 0 aliphatic heterocycles. The Kier molecular flexibility index (Phi) is 4.95.